The number of carbonyl (C=O) groups excluding carboxylic acids is 5. The van der Waals surface area contributed by atoms with E-state index in [1.165, 1.54) is 122 Å². The number of benzene rings is 2. The molecule has 0 saturated carbocycles. The van der Waals surface area contributed by atoms with E-state index in [2.05, 4.69) is 19.9 Å². The molecule has 2 atom stereocenters. The van der Waals surface area contributed by atoms with Crippen molar-refractivity contribution in [2.75, 3.05) is 0 Å². The molecular formula is C39H28N6O9. The molecule has 15 heteroatoms. The summed E-state index contributed by atoms with van der Waals surface area (Å²) < 4.78 is 22.2. The van der Waals surface area contributed by atoms with Crippen molar-refractivity contribution in [2.24, 2.45) is 11.5 Å². The first-order valence-electron chi connectivity index (χ1n) is 16.0. The topological polar surface area (TPSA) is 226 Å². The summed E-state index contributed by atoms with van der Waals surface area (Å²) >= 11 is 0. The number of ketones is 1. The fourth-order valence-corrected chi connectivity index (χ4v) is 4.86. The van der Waals surface area contributed by atoms with Gasteiger partial charge in [0.2, 0.25) is 0 Å². The molecule has 4 N–H and O–H groups in total. The quantitative estimate of drug-likeness (QED) is 0.132. The van der Waals surface area contributed by atoms with Gasteiger partial charge in [-0.05, 0) is 83.9 Å². The first-order valence-corrected chi connectivity index (χ1v) is 16.0. The number of hydrogen-bond donors (Lipinski definition) is 2. The van der Waals surface area contributed by atoms with E-state index in [0.717, 1.165) is 0 Å². The number of pyridine rings is 4. The summed E-state index contributed by atoms with van der Waals surface area (Å²) in [5.41, 5.74) is 13.6. The molecule has 2 unspecified atom stereocenters. The molecule has 6 rings (SSSR count). The van der Waals surface area contributed by atoms with Crippen molar-refractivity contribution in [3.05, 3.63) is 168 Å². The van der Waals surface area contributed by atoms with Crippen LogP contribution in [0, 0.1) is 0 Å². The standard InChI is InChI=1S/C39H28N6O9/c40-33(23-9-11-29(51-36(47)25-5-1-13-42-19-25)31(17-23)53-38(49)27-7-3-15-44-21-27)35(46)34(41)24-10-12-30(52-37(48)26-6-2-14-43-20-26)32(18-24)54-39(50)28-8-4-16-45-22-28/h1-22,33-34H,40-41H2. The second-order valence-electron chi connectivity index (χ2n) is 11.3. The Hall–Kier alpha value is -7.49. The zero-order valence-corrected chi connectivity index (χ0v) is 28.0. The molecule has 268 valence electrons. The van der Waals surface area contributed by atoms with Crippen molar-refractivity contribution in [3.63, 3.8) is 0 Å². The molecule has 4 aromatic heterocycles. The fourth-order valence-electron chi connectivity index (χ4n) is 4.86. The summed E-state index contributed by atoms with van der Waals surface area (Å²) in [6, 6.07) is 17.3. The molecule has 0 spiro atoms. The maximum Gasteiger partial charge on any atom is 0.345 e. The molecular weight excluding hydrogens is 696 g/mol. The molecule has 0 saturated heterocycles. The van der Waals surface area contributed by atoms with Crippen molar-refractivity contribution in [2.45, 2.75) is 12.1 Å². The second kappa shape index (κ2) is 16.7. The molecule has 0 bridgehead atoms. The summed E-state index contributed by atoms with van der Waals surface area (Å²) in [5.74, 6) is -4.67. The first kappa shape index (κ1) is 36.3. The zero-order valence-electron chi connectivity index (χ0n) is 28.0. The van der Waals surface area contributed by atoms with Gasteiger partial charge < -0.3 is 30.4 Å². The molecule has 0 aliphatic rings. The van der Waals surface area contributed by atoms with Crippen molar-refractivity contribution in [1.29, 1.82) is 0 Å². The van der Waals surface area contributed by atoms with Gasteiger partial charge in [-0.25, -0.2) is 19.2 Å². The average Bonchev–Trinajstić information content (AvgIpc) is 3.22. The molecule has 6 aromatic rings. The van der Waals surface area contributed by atoms with Crippen molar-refractivity contribution < 1.29 is 42.9 Å². The number of rotatable bonds is 12. The monoisotopic (exact) mass is 724 g/mol. The SMILES string of the molecule is NC(C(=O)C(N)c1ccc(OC(=O)c2cccnc2)c(OC(=O)c2cccnc2)c1)c1ccc(OC(=O)c2cccnc2)c(OC(=O)c2cccnc2)c1. The van der Waals surface area contributed by atoms with Crippen molar-refractivity contribution in [1.82, 2.24) is 19.9 Å². The van der Waals surface area contributed by atoms with E-state index >= 15 is 0 Å². The van der Waals surface area contributed by atoms with Gasteiger partial charge >= 0.3 is 23.9 Å². The van der Waals surface area contributed by atoms with Crippen LogP contribution in [0.25, 0.3) is 0 Å². The highest BCUT2D eigenvalue weighted by molar-refractivity contribution is 5.95. The second-order valence-corrected chi connectivity index (χ2v) is 11.3. The van der Waals surface area contributed by atoms with Gasteiger partial charge in [-0.1, -0.05) is 12.1 Å². The molecule has 0 radical (unpaired) electrons. The number of aromatic nitrogens is 4. The minimum Gasteiger partial charge on any atom is -0.419 e. The lowest BCUT2D eigenvalue weighted by Gasteiger charge is -2.20. The number of Topliss-reactive ketones (excluding diaryl/α,β-unsaturated/α-hetero) is 1. The van der Waals surface area contributed by atoms with Crippen LogP contribution in [-0.4, -0.2) is 49.6 Å². The Kier molecular flexibility index (Phi) is 11.2. The van der Waals surface area contributed by atoms with Crippen molar-refractivity contribution >= 4 is 29.7 Å². The van der Waals surface area contributed by atoms with Crippen LogP contribution in [0.2, 0.25) is 0 Å². The van der Waals surface area contributed by atoms with E-state index < -0.39 is 41.7 Å². The Labute approximate surface area is 306 Å². The lowest BCUT2D eigenvalue weighted by molar-refractivity contribution is -0.121. The van der Waals surface area contributed by atoms with E-state index in [1.54, 1.807) is 12.1 Å². The largest absolute Gasteiger partial charge is 0.419 e. The van der Waals surface area contributed by atoms with Crippen LogP contribution in [0.15, 0.2) is 135 Å². The number of hydrogen-bond acceptors (Lipinski definition) is 15. The van der Waals surface area contributed by atoms with E-state index in [9.17, 15) is 24.0 Å². The van der Waals surface area contributed by atoms with Gasteiger partial charge in [-0.15, -0.1) is 0 Å². The van der Waals surface area contributed by atoms with Crippen LogP contribution in [-0.2, 0) is 4.79 Å². The third-order valence-electron chi connectivity index (χ3n) is 7.67. The zero-order chi connectivity index (χ0) is 38.0. The third-order valence-corrected chi connectivity index (χ3v) is 7.67. The Morgan fingerprint density at radius 3 is 1.00 bits per heavy atom. The maximum absolute atomic E-state index is 13.8. The van der Waals surface area contributed by atoms with Gasteiger partial charge in [-0.2, -0.15) is 0 Å². The molecule has 4 heterocycles. The first-order chi connectivity index (χ1) is 26.2. The summed E-state index contributed by atoms with van der Waals surface area (Å²) in [7, 11) is 0. The Morgan fingerprint density at radius 2 is 0.722 bits per heavy atom. The normalized spacial score (nSPS) is 11.7. The minimum absolute atomic E-state index is 0.101. The minimum atomic E-state index is -1.40. The molecule has 0 aliphatic heterocycles. The van der Waals surface area contributed by atoms with Crippen LogP contribution in [0.5, 0.6) is 23.0 Å². The summed E-state index contributed by atoms with van der Waals surface area (Å²) in [4.78, 5) is 81.1. The van der Waals surface area contributed by atoms with Crippen LogP contribution < -0.4 is 30.4 Å². The number of nitrogens with two attached hydrogens (primary N) is 2. The summed E-state index contributed by atoms with van der Waals surface area (Å²) in [6.07, 6.45) is 11.1. The fraction of sp³-hybridized carbons (Fsp3) is 0.0513. The van der Waals surface area contributed by atoms with Crippen LogP contribution in [0.1, 0.15) is 64.6 Å². The van der Waals surface area contributed by atoms with Crippen LogP contribution in [0.3, 0.4) is 0 Å². The smallest absolute Gasteiger partial charge is 0.345 e. The van der Waals surface area contributed by atoms with Gasteiger partial charge in [0.25, 0.3) is 0 Å². The van der Waals surface area contributed by atoms with Crippen molar-refractivity contribution in [3.8, 4) is 23.0 Å². The highest BCUT2D eigenvalue weighted by Crippen LogP contribution is 2.35. The van der Waals surface area contributed by atoms with Gasteiger partial charge in [0, 0.05) is 49.6 Å². The Bertz CT molecular complexity index is 2150. The molecule has 0 fully saturated rings. The Balaban J connectivity index is 1.27. The number of ether oxygens (including phenoxy) is 4. The van der Waals surface area contributed by atoms with E-state index in [1.807, 2.05) is 0 Å². The average molecular weight is 725 g/mol. The number of esters is 4. The van der Waals surface area contributed by atoms with E-state index in [-0.39, 0.29) is 56.4 Å². The Morgan fingerprint density at radius 1 is 0.426 bits per heavy atom. The highest BCUT2D eigenvalue weighted by atomic mass is 16.6. The van der Waals surface area contributed by atoms with Gasteiger partial charge in [0.05, 0.1) is 34.3 Å². The highest BCUT2D eigenvalue weighted by Gasteiger charge is 2.28. The third kappa shape index (κ3) is 8.68. The predicted molar refractivity (Wildman–Crippen MR) is 189 cm³/mol. The summed E-state index contributed by atoms with van der Waals surface area (Å²) in [5, 5.41) is 0. The van der Waals surface area contributed by atoms with E-state index in [4.69, 9.17) is 30.4 Å². The van der Waals surface area contributed by atoms with Crippen LogP contribution in [0.4, 0.5) is 0 Å². The van der Waals surface area contributed by atoms with Gasteiger partial charge in [0.1, 0.15) is 0 Å². The molecule has 2 aromatic carbocycles. The van der Waals surface area contributed by atoms with Gasteiger partial charge in [-0.3, -0.25) is 24.7 Å². The molecule has 54 heavy (non-hydrogen) atoms. The summed E-state index contributed by atoms with van der Waals surface area (Å²) in [6.45, 7) is 0. The predicted octanol–water partition coefficient (Wildman–Crippen LogP) is 4.41. The number of nitrogens with zero attached hydrogens (tertiary/aromatic N) is 4. The number of carbonyl (C=O) groups is 5. The molecule has 0 aliphatic carbocycles. The lowest BCUT2D eigenvalue weighted by atomic mass is 9.94. The maximum atomic E-state index is 13.8. The molecule has 0 amide bonds. The van der Waals surface area contributed by atoms with Gasteiger partial charge in [0.15, 0.2) is 28.8 Å². The van der Waals surface area contributed by atoms with Crippen LogP contribution >= 0.6 is 0 Å². The lowest BCUT2D eigenvalue weighted by Crippen LogP contribution is -2.31. The van der Waals surface area contributed by atoms with E-state index in [0.29, 0.717) is 0 Å². The molecule has 15 nitrogen and oxygen atoms in total.